The number of esters is 1. The van der Waals surface area contributed by atoms with Crippen LogP contribution in [0.1, 0.15) is 18.6 Å². The summed E-state index contributed by atoms with van der Waals surface area (Å²) in [5, 5.41) is 0.684. The molecule has 0 saturated heterocycles. The minimum absolute atomic E-state index is 0.195. The molecule has 0 fully saturated rings. The summed E-state index contributed by atoms with van der Waals surface area (Å²) in [6.07, 6.45) is 3.14. The summed E-state index contributed by atoms with van der Waals surface area (Å²) in [4.78, 5) is 11.1. The van der Waals surface area contributed by atoms with Crippen molar-refractivity contribution in [3.8, 4) is 0 Å². The van der Waals surface area contributed by atoms with Crippen molar-refractivity contribution in [2.45, 2.75) is 13.0 Å². The maximum atomic E-state index is 11.1. The van der Waals surface area contributed by atoms with Crippen molar-refractivity contribution in [2.24, 2.45) is 5.92 Å². The molecule has 1 aliphatic rings. The molecule has 1 heterocycles. The fraction of sp³-hybridized carbons (Fsp3) is 0.250. The van der Waals surface area contributed by atoms with Crippen LogP contribution in [0.5, 0.6) is 0 Å². The van der Waals surface area contributed by atoms with Crippen LogP contribution in [0, 0.1) is 5.92 Å². The van der Waals surface area contributed by atoms with Crippen LogP contribution in [0.4, 0.5) is 0 Å². The van der Waals surface area contributed by atoms with Gasteiger partial charge in [-0.25, -0.2) is 4.79 Å². The summed E-state index contributed by atoms with van der Waals surface area (Å²) in [5.74, 6) is -0.0862. The van der Waals surface area contributed by atoms with Crippen molar-refractivity contribution in [3.05, 3.63) is 47.0 Å². The monoisotopic (exact) mass is 222 g/mol. The van der Waals surface area contributed by atoms with Gasteiger partial charge in [0.25, 0.3) is 0 Å². The molecule has 0 saturated carbocycles. The molecule has 2 rings (SSSR count). The highest BCUT2D eigenvalue weighted by molar-refractivity contribution is 6.30. The highest BCUT2D eigenvalue weighted by atomic mass is 35.5. The topological polar surface area (TPSA) is 26.3 Å². The van der Waals surface area contributed by atoms with E-state index in [0.29, 0.717) is 5.02 Å². The summed E-state index contributed by atoms with van der Waals surface area (Å²) in [6, 6.07) is 7.37. The van der Waals surface area contributed by atoms with Gasteiger partial charge in [-0.3, -0.25) is 0 Å². The van der Waals surface area contributed by atoms with Crippen molar-refractivity contribution in [1.29, 1.82) is 0 Å². The van der Waals surface area contributed by atoms with Crippen molar-refractivity contribution in [3.63, 3.8) is 0 Å². The molecule has 3 heteroatoms. The van der Waals surface area contributed by atoms with Gasteiger partial charge in [0.05, 0.1) is 0 Å². The normalized spacial score (nSPS) is 25.1. The lowest BCUT2D eigenvalue weighted by Crippen LogP contribution is -2.19. The molecule has 0 unspecified atom stereocenters. The van der Waals surface area contributed by atoms with Gasteiger partial charge < -0.3 is 4.74 Å². The Morgan fingerprint density at radius 1 is 1.27 bits per heavy atom. The van der Waals surface area contributed by atoms with E-state index in [9.17, 15) is 4.79 Å². The second-order valence-electron chi connectivity index (χ2n) is 3.63. The first-order chi connectivity index (χ1) is 7.16. The molecule has 0 bridgehead atoms. The molecule has 2 atom stereocenters. The fourth-order valence-corrected chi connectivity index (χ4v) is 1.75. The number of ether oxygens (including phenoxy) is 1. The fourth-order valence-electron chi connectivity index (χ4n) is 1.63. The molecule has 78 valence electrons. The molecule has 0 N–H and O–H groups in total. The van der Waals surface area contributed by atoms with Crippen LogP contribution in [-0.2, 0) is 9.53 Å². The van der Waals surface area contributed by atoms with Crippen LogP contribution >= 0.6 is 11.6 Å². The number of halogens is 1. The van der Waals surface area contributed by atoms with Gasteiger partial charge in [-0.05, 0) is 17.7 Å². The standard InChI is InChI=1S/C12H11ClO2/c1-8-2-7-11(14)15-12(8)9-3-5-10(13)6-4-9/h2-8,12H,1H3/t8-,12+/m1/s1. The van der Waals surface area contributed by atoms with Gasteiger partial charge in [-0.2, -0.15) is 0 Å². The van der Waals surface area contributed by atoms with E-state index < -0.39 is 0 Å². The molecule has 0 spiro atoms. The quantitative estimate of drug-likeness (QED) is 0.683. The molecule has 2 nitrogen and oxygen atoms in total. The lowest BCUT2D eigenvalue weighted by Gasteiger charge is -2.24. The van der Waals surface area contributed by atoms with Gasteiger partial charge in [-0.1, -0.05) is 36.7 Å². The van der Waals surface area contributed by atoms with Crippen LogP contribution in [0.2, 0.25) is 5.02 Å². The Morgan fingerprint density at radius 2 is 1.93 bits per heavy atom. The Balaban J connectivity index is 2.27. The second-order valence-corrected chi connectivity index (χ2v) is 4.06. The zero-order valence-corrected chi connectivity index (χ0v) is 9.07. The van der Waals surface area contributed by atoms with Gasteiger partial charge >= 0.3 is 5.97 Å². The van der Waals surface area contributed by atoms with E-state index in [0.717, 1.165) is 5.56 Å². The first kappa shape index (κ1) is 10.2. The number of hydrogen-bond acceptors (Lipinski definition) is 2. The zero-order valence-electron chi connectivity index (χ0n) is 8.31. The first-order valence-corrected chi connectivity index (χ1v) is 5.19. The second kappa shape index (κ2) is 4.07. The lowest BCUT2D eigenvalue weighted by atomic mass is 9.95. The molecule has 0 aromatic heterocycles. The highest BCUT2D eigenvalue weighted by Gasteiger charge is 2.24. The maximum Gasteiger partial charge on any atom is 0.331 e. The number of hydrogen-bond donors (Lipinski definition) is 0. The van der Waals surface area contributed by atoms with E-state index in [-0.39, 0.29) is 18.0 Å². The SMILES string of the molecule is C[C@@H]1C=CC(=O)O[C@@H]1c1ccc(Cl)cc1. The van der Waals surface area contributed by atoms with Crippen molar-refractivity contribution < 1.29 is 9.53 Å². The number of cyclic esters (lactones) is 1. The average molecular weight is 223 g/mol. The minimum atomic E-state index is -0.284. The van der Waals surface area contributed by atoms with Crippen molar-refractivity contribution in [1.82, 2.24) is 0 Å². The summed E-state index contributed by atoms with van der Waals surface area (Å²) >= 11 is 5.79. The van der Waals surface area contributed by atoms with E-state index in [1.165, 1.54) is 6.08 Å². The maximum absolute atomic E-state index is 11.1. The molecule has 0 amide bonds. The van der Waals surface area contributed by atoms with Crippen LogP contribution in [-0.4, -0.2) is 5.97 Å². The van der Waals surface area contributed by atoms with Gasteiger partial charge in [-0.15, -0.1) is 0 Å². The van der Waals surface area contributed by atoms with E-state index >= 15 is 0 Å². The third-order valence-corrected chi connectivity index (χ3v) is 2.71. The van der Waals surface area contributed by atoms with Gasteiger partial charge in [0, 0.05) is 17.0 Å². The molecule has 1 aromatic rings. The minimum Gasteiger partial charge on any atom is -0.454 e. The van der Waals surface area contributed by atoms with Gasteiger partial charge in [0.2, 0.25) is 0 Å². The molecule has 15 heavy (non-hydrogen) atoms. The van der Waals surface area contributed by atoms with Crippen molar-refractivity contribution >= 4 is 17.6 Å². The predicted molar refractivity (Wildman–Crippen MR) is 58.6 cm³/mol. The number of carbonyl (C=O) groups excluding carboxylic acids is 1. The molecular formula is C12H11ClO2. The zero-order chi connectivity index (χ0) is 10.8. The van der Waals surface area contributed by atoms with Gasteiger partial charge in [0.15, 0.2) is 0 Å². The number of rotatable bonds is 1. The number of carbonyl (C=O) groups is 1. The van der Waals surface area contributed by atoms with Gasteiger partial charge in [0.1, 0.15) is 6.10 Å². The van der Waals surface area contributed by atoms with Crippen LogP contribution in [0.15, 0.2) is 36.4 Å². The third-order valence-electron chi connectivity index (χ3n) is 2.46. The Morgan fingerprint density at radius 3 is 2.60 bits per heavy atom. The van der Waals surface area contributed by atoms with E-state index in [2.05, 4.69) is 0 Å². The first-order valence-electron chi connectivity index (χ1n) is 4.81. The van der Waals surface area contributed by atoms with E-state index in [4.69, 9.17) is 16.3 Å². The van der Waals surface area contributed by atoms with Crippen LogP contribution in [0.3, 0.4) is 0 Å². The smallest absolute Gasteiger partial charge is 0.331 e. The Labute approximate surface area is 93.5 Å². The Bertz CT molecular complexity index is 395. The molecule has 1 aliphatic heterocycles. The Kier molecular flexibility index (Phi) is 2.78. The largest absolute Gasteiger partial charge is 0.454 e. The van der Waals surface area contributed by atoms with E-state index in [1.54, 1.807) is 12.1 Å². The molecule has 0 radical (unpaired) electrons. The number of benzene rings is 1. The molecule has 1 aromatic carbocycles. The highest BCUT2D eigenvalue weighted by Crippen LogP contribution is 2.30. The summed E-state index contributed by atoms with van der Waals surface area (Å²) in [5.41, 5.74) is 0.976. The summed E-state index contributed by atoms with van der Waals surface area (Å²) in [6.45, 7) is 2.02. The summed E-state index contributed by atoms with van der Waals surface area (Å²) < 4.78 is 5.26. The van der Waals surface area contributed by atoms with E-state index in [1.807, 2.05) is 25.1 Å². The average Bonchev–Trinajstić information content (AvgIpc) is 2.23. The predicted octanol–water partition coefficient (Wildman–Crippen LogP) is 3.13. The lowest BCUT2D eigenvalue weighted by molar-refractivity contribution is -0.146. The molecular weight excluding hydrogens is 212 g/mol. The molecule has 0 aliphatic carbocycles. The van der Waals surface area contributed by atoms with Crippen molar-refractivity contribution in [2.75, 3.05) is 0 Å². The summed E-state index contributed by atoms with van der Waals surface area (Å²) in [7, 11) is 0. The Hall–Kier alpha value is -1.28. The van der Waals surface area contributed by atoms with Crippen LogP contribution < -0.4 is 0 Å². The van der Waals surface area contributed by atoms with Crippen LogP contribution in [0.25, 0.3) is 0 Å². The third kappa shape index (κ3) is 2.21.